The molecule has 0 aromatic heterocycles. The molecule has 0 radical (unpaired) electrons. The Morgan fingerprint density at radius 3 is 3.07 bits per heavy atom. The van der Waals surface area contributed by atoms with Crippen LogP contribution in [-0.4, -0.2) is 12.5 Å². The minimum atomic E-state index is -0.247. The predicted molar refractivity (Wildman–Crippen MR) is 51.5 cm³/mol. The molecule has 0 bridgehead atoms. The SMILES string of the molecule is CC1C(=O)NCCc2c(F)cccc21. The second kappa shape index (κ2) is 3.40. The summed E-state index contributed by atoms with van der Waals surface area (Å²) in [6.45, 7) is 2.33. The lowest BCUT2D eigenvalue weighted by atomic mass is 9.95. The number of hydrogen-bond donors (Lipinski definition) is 1. The van der Waals surface area contributed by atoms with Gasteiger partial charge in [0.25, 0.3) is 0 Å². The second-order valence-corrected chi connectivity index (χ2v) is 3.57. The van der Waals surface area contributed by atoms with E-state index in [1.165, 1.54) is 6.07 Å². The molecule has 1 aromatic carbocycles. The topological polar surface area (TPSA) is 29.1 Å². The van der Waals surface area contributed by atoms with Gasteiger partial charge in [0, 0.05) is 6.54 Å². The zero-order chi connectivity index (χ0) is 10.1. The summed E-state index contributed by atoms with van der Waals surface area (Å²) in [6, 6.07) is 4.93. The van der Waals surface area contributed by atoms with Crippen LogP contribution in [0.15, 0.2) is 18.2 Å². The second-order valence-electron chi connectivity index (χ2n) is 3.57. The van der Waals surface area contributed by atoms with Crippen molar-refractivity contribution >= 4 is 5.91 Å². The minimum Gasteiger partial charge on any atom is -0.355 e. The number of carbonyl (C=O) groups is 1. The third kappa shape index (κ3) is 1.39. The Balaban J connectivity index is 2.53. The largest absolute Gasteiger partial charge is 0.355 e. The molecular formula is C11H12FNO. The number of nitrogens with one attached hydrogen (secondary N) is 1. The lowest BCUT2D eigenvalue weighted by Gasteiger charge is -2.10. The minimum absolute atomic E-state index is 0.0191. The van der Waals surface area contributed by atoms with Crippen molar-refractivity contribution in [3.05, 3.63) is 35.1 Å². The van der Waals surface area contributed by atoms with Crippen molar-refractivity contribution in [2.24, 2.45) is 0 Å². The van der Waals surface area contributed by atoms with Crippen LogP contribution in [0.2, 0.25) is 0 Å². The van der Waals surface area contributed by atoms with E-state index in [0.717, 1.165) is 5.56 Å². The molecule has 1 N–H and O–H groups in total. The lowest BCUT2D eigenvalue weighted by molar-refractivity contribution is -0.121. The molecule has 1 unspecified atom stereocenters. The van der Waals surface area contributed by atoms with Crippen LogP contribution >= 0.6 is 0 Å². The molecule has 2 nitrogen and oxygen atoms in total. The van der Waals surface area contributed by atoms with Crippen molar-refractivity contribution in [3.63, 3.8) is 0 Å². The average Bonchev–Trinajstić information content (AvgIpc) is 2.31. The van der Waals surface area contributed by atoms with Gasteiger partial charge in [0.2, 0.25) is 5.91 Å². The summed E-state index contributed by atoms with van der Waals surface area (Å²) >= 11 is 0. The predicted octanol–water partition coefficient (Wildman–Crippen LogP) is 1.60. The first kappa shape index (κ1) is 9.19. The Labute approximate surface area is 82.1 Å². The first-order valence-electron chi connectivity index (χ1n) is 4.75. The molecule has 0 aliphatic carbocycles. The van der Waals surface area contributed by atoms with E-state index in [4.69, 9.17) is 0 Å². The maximum Gasteiger partial charge on any atom is 0.227 e. The van der Waals surface area contributed by atoms with Crippen LogP contribution in [0.3, 0.4) is 0 Å². The highest BCUT2D eigenvalue weighted by molar-refractivity contribution is 5.84. The molecule has 14 heavy (non-hydrogen) atoms. The van der Waals surface area contributed by atoms with Crippen molar-refractivity contribution < 1.29 is 9.18 Å². The van der Waals surface area contributed by atoms with Crippen LogP contribution in [0.4, 0.5) is 4.39 Å². The first-order chi connectivity index (χ1) is 6.70. The van der Waals surface area contributed by atoms with Crippen molar-refractivity contribution in [1.29, 1.82) is 0 Å². The summed E-state index contributed by atoms with van der Waals surface area (Å²) in [7, 11) is 0. The van der Waals surface area contributed by atoms with Crippen LogP contribution in [0.5, 0.6) is 0 Å². The zero-order valence-electron chi connectivity index (χ0n) is 8.01. The van der Waals surface area contributed by atoms with Crippen molar-refractivity contribution in [2.75, 3.05) is 6.54 Å². The first-order valence-corrected chi connectivity index (χ1v) is 4.75. The molecule has 1 aromatic rings. The van der Waals surface area contributed by atoms with Crippen molar-refractivity contribution in [3.8, 4) is 0 Å². The van der Waals surface area contributed by atoms with Gasteiger partial charge in [-0.2, -0.15) is 0 Å². The van der Waals surface area contributed by atoms with Gasteiger partial charge < -0.3 is 5.32 Å². The molecule has 3 heteroatoms. The van der Waals surface area contributed by atoms with E-state index >= 15 is 0 Å². The summed E-state index contributed by atoms with van der Waals surface area (Å²) < 4.78 is 13.4. The van der Waals surface area contributed by atoms with Gasteiger partial charge in [0.1, 0.15) is 5.82 Å². The van der Waals surface area contributed by atoms with Gasteiger partial charge in [-0.05, 0) is 30.5 Å². The van der Waals surface area contributed by atoms with Gasteiger partial charge in [-0.1, -0.05) is 12.1 Å². The maximum atomic E-state index is 13.4. The molecule has 1 heterocycles. The summed E-state index contributed by atoms with van der Waals surface area (Å²) in [5, 5.41) is 2.76. The van der Waals surface area contributed by atoms with Gasteiger partial charge in [0.05, 0.1) is 5.92 Å². The van der Waals surface area contributed by atoms with Gasteiger partial charge in [-0.15, -0.1) is 0 Å². The fourth-order valence-corrected chi connectivity index (χ4v) is 1.85. The number of rotatable bonds is 0. The quantitative estimate of drug-likeness (QED) is 0.666. The zero-order valence-corrected chi connectivity index (χ0v) is 8.01. The molecule has 1 atom stereocenters. The molecular weight excluding hydrogens is 181 g/mol. The van der Waals surface area contributed by atoms with Gasteiger partial charge in [-0.25, -0.2) is 4.39 Å². The van der Waals surface area contributed by atoms with E-state index in [9.17, 15) is 9.18 Å². The molecule has 0 saturated carbocycles. The molecule has 1 aliphatic rings. The van der Waals surface area contributed by atoms with Crippen LogP contribution in [0.1, 0.15) is 24.0 Å². The third-order valence-corrected chi connectivity index (χ3v) is 2.69. The van der Waals surface area contributed by atoms with Crippen molar-refractivity contribution in [2.45, 2.75) is 19.3 Å². The van der Waals surface area contributed by atoms with Gasteiger partial charge in [-0.3, -0.25) is 4.79 Å². The standard InChI is InChI=1S/C11H12FNO/c1-7-8-3-2-4-10(12)9(8)5-6-13-11(7)14/h2-4,7H,5-6H2,1H3,(H,13,14). The van der Waals surface area contributed by atoms with E-state index in [2.05, 4.69) is 5.32 Å². The number of fused-ring (bicyclic) bond motifs is 1. The normalized spacial score (nSPS) is 21.0. The average molecular weight is 193 g/mol. The third-order valence-electron chi connectivity index (χ3n) is 2.69. The summed E-state index contributed by atoms with van der Waals surface area (Å²) in [4.78, 5) is 11.5. The van der Waals surface area contributed by atoms with E-state index < -0.39 is 0 Å². The fourth-order valence-electron chi connectivity index (χ4n) is 1.85. The number of benzene rings is 1. The number of carbonyl (C=O) groups excluding carboxylic acids is 1. The Morgan fingerprint density at radius 1 is 1.50 bits per heavy atom. The molecule has 0 spiro atoms. The Bertz CT molecular complexity index is 376. The van der Waals surface area contributed by atoms with Crippen LogP contribution in [0, 0.1) is 5.82 Å². The highest BCUT2D eigenvalue weighted by Gasteiger charge is 2.22. The molecule has 1 amide bonds. The maximum absolute atomic E-state index is 13.4. The van der Waals surface area contributed by atoms with Crippen LogP contribution < -0.4 is 5.32 Å². The van der Waals surface area contributed by atoms with E-state index in [1.54, 1.807) is 13.0 Å². The van der Waals surface area contributed by atoms with Gasteiger partial charge >= 0.3 is 0 Å². The number of halogens is 1. The molecule has 2 rings (SSSR count). The van der Waals surface area contributed by atoms with E-state index in [0.29, 0.717) is 18.5 Å². The Morgan fingerprint density at radius 2 is 2.29 bits per heavy atom. The fraction of sp³-hybridized carbons (Fsp3) is 0.364. The van der Waals surface area contributed by atoms with Crippen LogP contribution in [-0.2, 0) is 11.2 Å². The Hall–Kier alpha value is -1.38. The molecule has 0 saturated heterocycles. The lowest BCUT2D eigenvalue weighted by Crippen LogP contribution is -2.26. The van der Waals surface area contributed by atoms with Crippen molar-refractivity contribution in [1.82, 2.24) is 5.32 Å². The van der Waals surface area contributed by atoms with E-state index in [1.807, 2.05) is 6.07 Å². The van der Waals surface area contributed by atoms with Crippen LogP contribution in [0.25, 0.3) is 0 Å². The molecule has 0 fully saturated rings. The molecule has 74 valence electrons. The summed E-state index contributed by atoms with van der Waals surface area (Å²) in [5.74, 6) is -0.469. The smallest absolute Gasteiger partial charge is 0.227 e. The number of amides is 1. The highest BCUT2D eigenvalue weighted by Crippen LogP contribution is 2.24. The highest BCUT2D eigenvalue weighted by atomic mass is 19.1. The molecule has 1 aliphatic heterocycles. The number of hydrogen-bond acceptors (Lipinski definition) is 1. The summed E-state index contributed by atoms with van der Waals surface area (Å²) in [5.41, 5.74) is 1.50. The summed E-state index contributed by atoms with van der Waals surface area (Å²) in [6.07, 6.45) is 0.581. The van der Waals surface area contributed by atoms with E-state index in [-0.39, 0.29) is 17.6 Å². The monoisotopic (exact) mass is 193 g/mol. The Kier molecular flexibility index (Phi) is 2.23. The van der Waals surface area contributed by atoms with Gasteiger partial charge in [0.15, 0.2) is 0 Å².